The van der Waals surface area contributed by atoms with E-state index >= 15 is 0 Å². The van der Waals surface area contributed by atoms with Crippen LogP contribution in [0.4, 0.5) is 13.2 Å². The van der Waals surface area contributed by atoms with Gasteiger partial charge in [-0.2, -0.15) is 18.4 Å². The van der Waals surface area contributed by atoms with Crippen LogP contribution in [-0.2, 0) is 12.8 Å². The van der Waals surface area contributed by atoms with Crippen molar-refractivity contribution in [3.05, 3.63) is 29.3 Å². The molecular formula is C14H14F3NO2. The molecule has 1 N–H and O–H groups in total. The van der Waals surface area contributed by atoms with Crippen LogP contribution in [0.2, 0.25) is 0 Å². The second-order valence-corrected chi connectivity index (χ2v) is 5.11. The predicted octanol–water partition coefficient (Wildman–Crippen LogP) is 3.27. The lowest BCUT2D eigenvalue weighted by molar-refractivity contribution is -0.139. The Labute approximate surface area is 114 Å². The molecule has 0 radical (unpaired) electrons. The summed E-state index contributed by atoms with van der Waals surface area (Å²) in [6.07, 6.45) is -2.64. The van der Waals surface area contributed by atoms with Crippen molar-refractivity contribution in [1.82, 2.24) is 0 Å². The summed E-state index contributed by atoms with van der Waals surface area (Å²) >= 11 is 0. The van der Waals surface area contributed by atoms with Gasteiger partial charge in [0.15, 0.2) is 0 Å². The molecule has 6 heteroatoms. The zero-order chi connectivity index (χ0) is 14.8. The van der Waals surface area contributed by atoms with Gasteiger partial charge >= 0.3 is 6.18 Å². The summed E-state index contributed by atoms with van der Waals surface area (Å²) in [5.41, 5.74) is -0.993. The first-order valence-corrected chi connectivity index (χ1v) is 6.21. The van der Waals surface area contributed by atoms with Gasteiger partial charge in [0.05, 0.1) is 24.8 Å². The summed E-state index contributed by atoms with van der Waals surface area (Å²) < 4.78 is 44.1. The molecule has 0 aliphatic heterocycles. The van der Waals surface area contributed by atoms with Crippen LogP contribution in [0, 0.1) is 16.7 Å². The molecule has 1 aliphatic rings. The lowest BCUT2D eigenvalue weighted by Gasteiger charge is -2.17. The summed E-state index contributed by atoms with van der Waals surface area (Å²) in [7, 11) is 0. The molecule has 1 aliphatic carbocycles. The molecule has 0 atom stereocenters. The molecule has 1 aromatic carbocycles. The van der Waals surface area contributed by atoms with Crippen LogP contribution in [0.5, 0.6) is 5.75 Å². The lowest BCUT2D eigenvalue weighted by Crippen LogP contribution is -2.16. The quantitative estimate of drug-likeness (QED) is 0.903. The van der Waals surface area contributed by atoms with Crippen LogP contribution in [0.15, 0.2) is 18.2 Å². The highest BCUT2D eigenvalue weighted by molar-refractivity contribution is 5.39. The van der Waals surface area contributed by atoms with E-state index in [0.29, 0.717) is 6.42 Å². The van der Waals surface area contributed by atoms with E-state index in [9.17, 15) is 13.2 Å². The van der Waals surface area contributed by atoms with E-state index < -0.39 is 18.3 Å². The van der Waals surface area contributed by atoms with Gasteiger partial charge < -0.3 is 9.84 Å². The summed E-state index contributed by atoms with van der Waals surface area (Å²) in [6, 6.07) is 5.54. The second-order valence-electron chi connectivity index (χ2n) is 5.11. The Bertz CT molecular complexity index is 530. The van der Waals surface area contributed by atoms with Crippen molar-refractivity contribution < 1.29 is 23.0 Å². The summed E-state index contributed by atoms with van der Waals surface area (Å²) in [5, 5.41) is 17.6. The Morgan fingerprint density at radius 3 is 2.55 bits per heavy atom. The van der Waals surface area contributed by atoms with Gasteiger partial charge in [0.25, 0.3) is 0 Å². The van der Waals surface area contributed by atoms with Crippen LogP contribution in [0.25, 0.3) is 0 Å². The minimum atomic E-state index is -4.54. The van der Waals surface area contributed by atoms with Gasteiger partial charge in [-0.15, -0.1) is 0 Å². The second kappa shape index (κ2) is 5.33. The highest BCUT2D eigenvalue weighted by atomic mass is 19.4. The van der Waals surface area contributed by atoms with Crippen LogP contribution < -0.4 is 4.74 Å². The Kier molecular flexibility index (Phi) is 3.91. The van der Waals surface area contributed by atoms with Gasteiger partial charge in [0.1, 0.15) is 5.75 Å². The number of hydrogen-bond acceptors (Lipinski definition) is 3. The minimum Gasteiger partial charge on any atom is -0.492 e. The van der Waals surface area contributed by atoms with Gasteiger partial charge in [-0.05, 0) is 30.5 Å². The van der Waals surface area contributed by atoms with Crippen LogP contribution in [0.3, 0.4) is 0 Å². The van der Waals surface area contributed by atoms with E-state index in [2.05, 4.69) is 0 Å². The van der Waals surface area contributed by atoms with E-state index in [1.54, 1.807) is 0 Å². The Balaban J connectivity index is 2.17. The number of nitrogens with zero attached hydrogens (tertiary/aromatic N) is 1. The fourth-order valence-electron chi connectivity index (χ4n) is 1.97. The predicted molar refractivity (Wildman–Crippen MR) is 64.8 cm³/mol. The molecule has 1 aromatic rings. The number of nitriles is 1. The number of ether oxygens (including phenoxy) is 1. The topological polar surface area (TPSA) is 53.2 Å². The molecule has 0 heterocycles. The third-order valence-electron chi connectivity index (χ3n) is 3.48. The van der Waals surface area contributed by atoms with Crippen molar-refractivity contribution in [3.63, 3.8) is 0 Å². The normalized spacial score (nSPS) is 16.6. The first kappa shape index (κ1) is 14.7. The van der Waals surface area contributed by atoms with Gasteiger partial charge in [-0.25, -0.2) is 0 Å². The van der Waals surface area contributed by atoms with Crippen molar-refractivity contribution in [2.45, 2.75) is 32.0 Å². The summed E-state index contributed by atoms with van der Waals surface area (Å²) in [6.45, 7) is -0.343. The molecule has 0 unspecified atom stereocenters. The van der Waals surface area contributed by atoms with E-state index in [1.807, 2.05) is 6.07 Å². The van der Waals surface area contributed by atoms with Crippen molar-refractivity contribution in [1.29, 1.82) is 5.26 Å². The van der Waals surface area contributed by atoms with Crippen molar-refractivity contribution >= 4 is 0 Å². The van der Waals surface area contributed by atoms with E-state index in [-0.39, 0.29) is 23.3 Å². The molecule has 3 nitrogen and oxygen atoms in total. The Hall–Kier alpha value is -1.74. The Morgan fingerprint density at radius 1 is 1.35 bits per heavy atom. The molecule has 0 aromatic heterocycles. The molecule has 0 amide bonds. The van der Waals surface area contributed by atoms with Crippen LogP contribution >= 0.6 is 0 Å². The average Bonchev–Trinajstić information content (AvgIpc) is 3.16. The first-order chi connectivity index (χ1) is 9.40. The van der Waals surface area contributed by atoms with Gasteiger partial charge in [-0.1, -0.05) is 6.07 Å². The molecule has 0 saturated heterocycles. The first-order valence-electron chi connectivity index (χ1n) is 6.21. The van der Waals surface area contributed by atoms with E-state index in [0.717, 1.165) is 18.9 Å². The van der Waals surface area contributed by atoms with E-state index in [1.165, 1.54) is 12.1 Å². The third kappa shape index (κ3) is 3.23. The molecule has 1 saturated carbocycles. The lowest BCUT2D eigenvalue weighted by atomic mass is 10.1. The number of benzene rings is 1. The molecule has 0 bridgehead atoms. The fraction of sp³-hybridized carbons (Fsp3) is 0.500. The van der Waals surface area contributed by atoms with Crippen LogP contribution in [-0.4, -0.2) is 11.7 Å². The molecule has 20 heavy (non-hydrogen) atoms. The zero-order valence-corrected chi connectivity index (χ0v) is 10.7. The van der Waals surface area contributed by atoms with Gasteiger partial charge in [0.2, 0.25) is 0 Å². The zero-order valence-electron chi connectivity index (χ0n) is 10.7. The molecule has 108 valence electrons. The highest BCUT2D eigenvalue weighted by Crippen LogP contribution is 2.49. The minimum absolute atomic E-state index is 0.113. The number of rotatable bonds is 5. The smallest absolute Gasteiger partial charge is 0.419 e. The van der Waals surface area contributed by atoms with Crippen molar-refractivity contribution in [2.24, 2.45) is 5.41 Å². The average molecular weight is 285 g/mol. The molecule has 0 spiro atoms. The molecular weight excluding hydrogens is 271 g/mol. The van der Waals surface area contributed by atoms with Crippen LogP contribution in [0.1, 0.15) is 30.4 Å². The van der Waals surface area contributed by atoms with Gasteiger partial charge in [0, 0.05) is 11.8 Å². The Morgan fingerprint density at radius 2 is 2.05 bits per heavy atom. The molecule has 1 fully saturated rings. The summed E-state index contributed by atoms with van der Waals surface area (Å²) in [5.74, 6) is -0.251. The largest absolute Gasteiger partial charge is 0.492 e. The van der Waals surface area contributed by atoms with Gasteiger partial charge in [-0.3, -0.25) is 0 Å². The summed E-state index contributed by atoms with van der Waals surface area (Å²) in [4.78, 5) is 0. The number of hydrogen-bond donors (Lipinski definition) is 1. The monoisotopic (exact) mass is 285 g/mol. The SMILES string of the molecule is N#CCC1(COc2ccc(CO)cc2C(F)(F)F)CC1. The number of halogens is 3. The maximum atomic E-state index is 12.9. The van der Waals surface area contributed by atoms with Crippen molar-refractivity contribution in [2.75, 3.05) is 6.61 Å². The van der Waals surface area contributed by atoms with Crippen molar-refractivity contribution in [3.8, 4) is 11.8 Å². The third-order valence-corrected chi connectivity index (χ3v) is 3.48. The number of aliphatic hydroxyl groups is 1. The fourth-order valence-corrected chi connectivity index (χ4v) is 1.97. The maximum absolute atomic E-state index is 12.9. The molecule has 2 rings (SSSR count). The highest BCUT2D eigenvalue weighted by Gasteiger charge is 2.44. The maximum Gasteiger partial charge on any atom is 0.419 e. The standard InChI is InChI=1S/C14H14F3NO2/c15-14(16,17)11-7-10(8-19)1-2-12(11)20-9-13(3-4-13)5-6-18/h1-2,7,19H,3-5,8-9H2. The number of alkyl halides is 3. The number of aliphatic hydroxyl groups excluding tert-OH is 1. The van der Waals surface area contributed by atoms with E-state index in [4.69, 9.17) is 15.1 Å².